The number of benzene rings is 1. The number of halogens is 1. The number of hydrogen-bond acceptors (Lipinski definition) is 2. The first-order valence-corrected chi connectivity index (χ1v) is 8.83. The van der Waals surface area contributed by atoms with Crippen molar-refractivity contribution in [3.8, 4) is 0 Å². The molecule has 2 aromatic rings. The monoisotopic (exact) mass is 453 g/mol. The number of aliphatic imine (C=N–C) groups is 1. The number of guanidine groups is 1. The van der Waals surface area contributed by atoms with Crippen LogP contribution in [0.4, 0.5) is 0 Å². The second-order valence-electron chi connectivity index (χ2n) is 6.50. The van der Waals surface area contributed by atoms with Gasteiger partial charge in [0.1, 0.15) is 5.82 Å². The number of imidazole rings is 1. The Morgan fingerprint density at radius 3 is 2.56 bits per heavy atom. The molecule has 0 aliphatic carbocycles. The van der Waals surface area contributed by atoms with Crippen molar-refractivity contribution in [3.63, 3.8) is 0 Å². The van der Waals surface area contributed by atoms with E-state index in [4.69, 9.17) is 5.73 Å². The summed E-state index contributed by atoms with van der Waals surface area (Å²) in [5, 5.41) is 0. The highest BCUT2D eigenvalue weighted by Gasteiger charge is 2.10. The molecule has 0 amide bonds. The highest BCUT2D eigenvalue weighted by atomic mass is 127. The molecule has 1 saturated heterocycles. The van der Waals surface area contributed by atoms with E-state index < -0.39 is 0 Å². The Morgan fingerprint density at radius 2 is 1.88 bits per heavy atom. The first-order chi connectivity index (χ1) is 11.7. The lowest BCUT2D eigenvalue weighted by atomic mass is 10.1. The molecule has 1 fully saturated rings. The Bertz CT molecular complexity index is 687. The second kappa shape index (κ2) is 9.79. The summed E-state index contributed by atoms with van der Waals surface area (Å²) in [6, 6.07) is 8.56. The molecule has 136 valence electrons. The van der Waals surface area contributed by atoms with Gasteiger partial charge in [0.05, 0.1) is 6.54 Å². The van der Waals surface area contributed by atoms with E-state index >= 15 is 0 Å². The van der Waals surface area contributed by atoms with Crippen LogP contribution in [0.15, 0.2) is 41.7 Å². The predicted molar refractivity (Wildman–Crippen MR) is 113 cm³/mol. The highest BCUT2D eigenvalue weighted by Crippen LogP contribution is 2.12. The molecule has 1 aliphatic heterocycles. The van der Waals surface area contributed by atoms with Gasteiger partial charge < -0.3 is 15.2 Å². The van der Waals surface area contributed by atoms with E-state index in [9.17, 15) is 0 Å². The van der Waals surface area contributed by atoms with Gasteiger partial charge in [0.15, 0.2) is 5.96 Å². The fourth-order valence-corrected chi connectivity index (χ4v) is 3.17. The summed E-state index contributed by atoms with van der Waals surface area (Å²) in [7, 11) is 0. The van der Waals surface area contributed by atoms with Gasteiger partial charge in [0.2, 0.25) is 0 Å². The molecule has 6 heteroatoms. The molecule has 2 heterocycles. The van der Waals surface area contributed by atoms with Crippen molar-refractivity contribution in [1.82, 2.24) is 14.5 Å². The number of nitrogens with zero attached hydrogens (tertiary/aromatic N) is 4. The lowest BCUT2D eigenvalue weighted by Gasteiger charge is -2.21. The van der Waals surface area contributed by atoms with Crippen molar-refractivity contribution in [2.24, 2.45) is 10.7 Å². The lowest BCUT2D eigenvalue weighted by molar-refractivity contribution is 0.428. The van der Waals surface area contributed by atoms with E-state index in [0.717, 1.165) is 25.5 Å². The molecule has 3 rings (SSSR count). The third-order valence-corrected chi connectivity index (χ3v) is 4.62. The van der Waals surface area contributed by atoms with Gasteiger partial charge in [-0.3, -0.25) is 0 Å². The fraction of sp³-hybridized carbons (Fsp3) is 0.474. The average molecular weight is 453 g/mol. The van der Waals surface area contributed by atoms with Crippen molar-refractivity contribution >= 4 is 29.9 Å². The summed E-state index contributed by atoms with van der Waals surface area (Å²) in [6.45, 7) is 5.57. The van der Waals surface area contributed by atoms with Crippen molar-refractivity contribution in [3.05, 3.63) is 53.6 Å². The summed E-state index contributed by atoms with van der Waals surface area (Å²) < 4.78 is 2.15. The van der Waals surface area contributed by atoms with Gasteiger partial charge in [0, 0.05) is 32.0 Å². The third-order valence-electron chi connectivity index (χ3n) is 4.62. The Hall–Kier alpha value is -1.57. The first-order valence-electron chi connectivity index (χ1n) is 8.83. The van der Waals surface area contributed by atoms with E-state index in [2.05, 4.69) is 43.7 Å². The minimum atomic E-state index is 0. The SMILES string of the molecule is Cc1nccn1Cc1cccc(CN=C(N)N2CCCCCC2)c1.I. The van der Waals surface area contributed by atoms with E-state index in [0.29, 0.717) is 12.5 Å². The molecule has 0 bridgehead atoms. The van der Waals surface area contributed by atoms with Gasteiger partial charge in [-0.15, -0.1) is 24.0 Å². The van der Waals surface area contributed by atoms with Crippen LogP contribution in [-0.4, -0.2) is 33.5 Å². The Labute approximate surface area is 167 Å². The molecule has 1 aromatic carbocycles. The van der Waals surface area contributed by atoms with Crippen LogP contribution in [0.1, 0.15) is 42.6 Å². The zero-order chi connectivity index (χ0) is 16.8. The molecule has 1 aliphatic rings. The van der Waals surface area contributed by atoms with Crippen LogP contribution in [0.2, 0.25) is 0 Å². The second-order valence-corrected chi connectivity index (χ2v) is 6.50. The Balaban J connectivity index is 0.00000225. The van der Waals surface area contributed by atoms with Crippen molar-refractivity contribution < 1.29 is 0 Å². The molecule has 25 heavy (non-hydrogen) atoms. The molecule has 1 aromatic heterocycles. The molecular weight excluding hydrogens is 425 g/mol. The number of aromatic nitrogens is 2. The van der Waals surface area contributed by atoms with Gasteiger partial charge in [0.25, 0.3) is 0 Å². The summed E-state index contributed by atoms with van der Waals surface area (Å²) in [4.78, 5) is 11.1. The molecule has 0 saturated carbocycles. The maximum absolute atomic E-state index is 6.20. The number of aryl methyl sites for hydroxylation is 1. The van der Waals surface area contributed by atoms with Crippen LogP contribution in [0.25, 0.3) is 0 Å². The standard InChI is InChI=1S/C19H27N5.HI/c1-16-21-9-12-24(16)15-18-8-6-7-17(13-18)14-22-19(20)23-10-4-2-3-5-11-23;/h6-9,12-13H,2-5,10-11,14-15H2,1H3,(H2,20,22);1H. The quantitative estimate of drug-likeness (QED) is 0.438. The third kappa shape index (κ3) is 5.73. The molecule has 0 unspecified atom stereocenters. The van der Waals surface area contributed by atoms with Gasteiger partial charge in [-0.25, -0.2) is 9.98 Å². The predicted octanol–water partition coefficient (Wildman–Crippen LogP) is 3.55. The van der Waals surface area contributed by atoms with Gasteiger partial charge in [-0.2, -0.15) is 0 Å². The smallest absolute Gasteiger partial charge is 0.191 e. The summed E-state index contributed by atoms with van der Waals surface area (Å²) in [5.74, 6) is 1.72. The van der Waals surface area contributed by atoms with Crippen LogP contribution in [-0.2, 0) is 13.1 Å². The number of nitrogens with two attached hydrogens (primary N) is 1. The summed E-state index contributed by atoms with van der Waals surface area (Å²) in [6.07, 6.45) is 8.90. The Morgan fingerprint density at radius 1 is 1.16 bits per heavy atom. The van der Waals surface area contributed by atoms with Gasteiger partial charge in [-0.05, 0) is 30.9 Å². The largest absolute Gasteiger partial charge is 0.370 e. The molecular formula is C19H28IN5. The van der Waals surface area contributed by atoms with Crippen molar-refractivity contribution in [2.75, 3.05) is 13.1 Å². The van der Waals surface area contributed by atoms with Crippen molar-refractivity contribution in [2.45, 2.75) is 45.7 Å². The number of rotatable bonds is 4. The molecule has 0 atom stereocenters. The minimum Gasteiger partial charge on any atom is -0.370 e. The number of likely N-dealkylation sites (tertiary alicyclic amines) is 1. The topological polar surface area (TPSA) is 59.4 Å². The van der Waals surface area contributed by atoms with Crippen LogP contribution in [0.3, 0.4) is 0 Å². The van der Waals surface area contributed by atoms with Crippen molar-refractivity contribution in [1.29, 1.82) is 0 Å². The van der Waals surface area contributed by atoms with Crippen LogP contribution in [0.5, 0.6) is 0 Å². The maximum atomic E-state index is 6.20. The van der Waals surface area contributed by atoms with Gasteiger partial charge in [-0.1, -0.05) is 37.1 Å². The molecule has 5 nitrogen and oxygen atoms in total. The van der Waals surface area contributed by atoms with Crippen LogP contribution >= 0.6 is 24.0 Å². The van der Waals surface area contributed by atoms with Crippen LogP contribution < -0.4 is 5.73 Å². The van der Waals surface area contributed by atoms with E-state index in [1.165, 1.54) is 36.8 Å². The Kier molecular flexibility index (Phi) is 7.74. The highest BCUT2D eigenvalue weighted by molar-refractivity contribution is 14.0. The van der Waals surface area contributed by atoms with E-state index in [1.807, 2.05) is 19.3 Å². The first kappa shape index (κ1) is 19.8. The van der Waals surface area contributed by atoms with Gasteiger partial charge >= 0.3 is 0 Å². The zero-order valence-electron chi connectivity index (χ0n) is 14.9. The number of hydrogen-bond donors (Lipinski definition) is 1. The zero-order valence-corrected chi connectivity index (χ0v) is 17.2. The average Bonchev–Trinajstić information content (AvgIpc) is 2.84. The fourth-order valence-electron chi connectivity index (χ4n) is 3.17. The van der Waals surface area contributed by atoms with E-state index in [-0.39, 0.29) is 24.0 Å². The summed E-state index contributed by atoms with van der Waals surface area (Å²) >= 11 is 0. The van der Waals surface area contributed by atoms with Crippen LogP contribution in [0, 0.1) is 6.92 Å². The maximum Gasteiger partial charge on any atom is 0.191 e. The minimum absolute atomic E-state index is 0. The normalized spacial score (nSPS) is 15.6. The summed E-state index contributed by atoms with van der Waals surface area (Å²) in [5.41, 5.74) is 8.66. The molecule has 2 N–H and O–H groups in total. The lowest BCUT2D eigenvalue weighted by Crippen LogP contribution is -2.38. The van der Waals surface area contributed by atoms with E-state index in [1.54, 1.807) is 0 Å². The molecule has 0 spiro atoms. The molecule has 0 radical (unpaired) electrons.